The molecule has 21 heteroatoms. The molecule has 7 rings (SSSR count). The summed E-state index contributed by atoms with van der Waals surface area (Å²) in [4.78, 5) is 71.5. The van der Waals surface area contributed by atoms with Gasteiger partial charge in [-0.3, -0.25) is 19.7 Å². The largest absolute Gasteiger partial charge is 0.453 e. The standard InChI is InChI=1S/C54H66F2N12O7/c1-53(2,3)46(62-52(73)74-9)48(70)61-43(25-34-14-11-33(12-15-34)13-16-35-17-20-45(60-28-35)66-29-37-18-19-38(30-66)68(37)50-58-22-10-23-59-50)44(69)32-67(64-49(71)47(54(4,5)6)75-51(72)57-7)31-39-40(55)26-36(27-41(39)56)42-21-24-65(8)63-42/h10-12,14-15,17,20-24,26-28,37-38,43-44,46-47,69H,18-19,25,29-32H2,1-9H3,(H,57,72)(H,61,70)(H,62,73)(H,64,71)/t37-,38-,43-,44-,46+,47+/m0/s1. The lowest BCUT2D eigenvalue weighted by atomic mass is 9.85. The Morgan fingerprint density at radius 2 is 1.49 bits per heavy atom. The molecule has 5 N–H and O–H groups in total. The number of pyridine rings is 1. The van der Waals surface area contributed by atoms with Crippen LogP contribution in [0.1, 0.15) is 76.6 Å². The maximum Gasteiger partial charge on any atom is 0.407 e. The summed E-state index contributed by atoms with van der Waals surface area (Å²) < 4.78 is 43.8. The number of aliphatic hydroxyl groups excluding tert-OH is 1. The summed E-state index contributed by atoms with van der Waals surface area (Å²) in [5, 5.41) is 25.3. The van der Waals surface area contributed by atoms with E-state index in [-0.39, 0.29) is 12.0 Å². The van der Waals surface area contributed by atoms with E-state index in [4.69, 9.17) is 14.5 Å². The zero-order valence-electron chi connectivity index (χ0n) is 43.7. The van der Waals surface area contributed by atoms with E-state index >= 15 is 8.78 Å². The Labute approximate surface area is 435 Å². The molecule has 75 heavy (non-hydrogen) atoms. The summed E-state index contributed by atoms with van der Waals surface area (Å²) in [7, 11) is 4.16. The molecule has 398 valence electrons. The fourth-order valence-electron chi connectivity index (χ4n) is 9.18. The molecule has 5 heterocycles. The number of carbonyl (C=O) groups excluding carboxylic acids is 4. The Hall–Kier alpha value is -7.70. The van der Waals surface area contributed by atoms with E-state index in [1.54, 1.807) is 104 Å². The molecule has 0 unspecified atom stereocenters. The summed E-state index contributed by atoms with van der Waals surface area (Å²) in [6, 6.07) is 15.0. The van der Waals surface area contributed by atoms with Crippen LogP contribution in [-0.4, -0.2) is 129 Å². The van der Waals surface area contributed by atoms with Crippen LogP contribution < -0.4 is 31.2 Å². The molecule has 2 aliphatic heterocycles. The van der Waals surface area contributed by atoms with E-state index in [9.17, 15) is 24.3 Å². The number of hydrazine groups is 1. The number of aromatic nitrogens is 5. The second-order valence-electron chi connectivity index (χ2n) is 21.0. The number of aliphatic hydroxyl groups is 1. The molecule has 2 bridgehead atoms. The van der Waals surface area contributed by atoms with Crippen LogP contribution in [0, 0.1) is 34.3 Å². The second kappa shape index (κ2) is 23.7. The highest BCUT2D eigenvalue weighted by Crippen LogP contribution is 2.34. The highest BCUT2D eigenvalue weighted by Gasteiger charge is 2.42. The number of halogens is 2. The third kappa shape index (κ3) is 14.1. The number of fused-ring (bicyclic) bond motifs is 2. The van der Waals surface area contributed by atoms with Crippen molar-refractivity contribution in [3.63, 3.8) is 0 Å². The number of hydrogen-bond acceptors (Lipinski definition) is 14. The molecule has 0 radical (unpaired) electrons. The van der Waals surface area contributed by atoms with Crippen LogP contribution in [0.4, 0.5) is 30.1 Å². The van der Waals surface area contributed by atoms with Gasteiger partial charge in [0.25, 0.3) is 5.91 Å². The zero-order valence-corrected chi connectivity index (χ0v) is 43.7. The van der Waals surface area contributed by atoms with Crippen LogP contribution in [0.5, 0.6) is 0 Å². The van der Waals surface area contributed by atoms with Crippen molar-refractivity contribution in [3.05, 3.63) is 119 Å². The third-order valence-corrected chi connectivity index (χ3v) is 13.1. The van der Waals surface area contributed by atoms with Gasteiger partial charge in [0.15, 0.2) is 6.10 Å². The van der Waals surface area contributed by atoms with Crippen LogP contribution in [0.15, 0.2) is 85.5 Å². The zero-order chi connectivity index (χ0) is 54.2. The van der Waals surface area contributed by atoms with Crippen molar-refractivity contribution in [2.75, 3.05) is 43.6 Å². The van der Waals surface area contributed by atoms with Crippen LogP contribution in [0.3, 0.4) is 0 Å². The van der Waals surface area contributed by atoms with Crippen molar-refractivity contribution in [3.8, 4) is 23.1 Å². The smallest absolute Gasteiger partial charge is 0.407 e. The highest BCUT2D eigenvalue weighted by molar-refractivity contribution is 5.87. The molecule has 19 nitrogen and oxygen atoms in total. The van der Waals surface area contributed by atoms with Gasteiger partial charge in [-0.15, -0.1) is 0 Å². The molecule has 3 aromatic heterocycles. The number of alkyl carbamates (subject to hydrolysis) is 2. The Morgan fingerprint density at radius 1 is 0.853 bits per heavy atom. The number of rotatable bonds is 16. The van der Waals surface area contributed by atoms with Gasteiger partial charge in [-0.25, -0.2) is 38.3 Å². The SMILES string of the molecule is CNC(=O)O[C@H](C(=O)NN(Cc1c(F)cc(-c2ccn(C)n2)cc1F)C[C@H](O)[C@H](Cc1ccc(C#Cc2ccc(N3C[C@@H]4CC[C@@H](C3)N4c3ncccn3)nc2)cc1)NC(=O)[C@@H](NC(=O)OC)C(C)(C)C)C(C)(C)C. The summed E-state index contributed by atoms with van der Waals surface area (Å²) in [5.74, 6) is 4.56. The van der Waals surface area contributed by atoms with Gasteiger partial charge in [0.05, 0.1) is 24.9 Å². The first-order chi connectivity index (χ1) is 35.6. The molecule has 0 saturated carbocycles. The topological polar surface area (TPSA) is 221 Å². The maximum atomic E-state index is 16.0. The summed E-state index contributed by atoms with van der Waals surface area (Å²) in [5.41, 5.74) is 2.89. The fraction of sp³-hybridized carbons (Fsp3) is 0.444. The highest BCUT2D eigenvalue weighted by atomic mass is 19.1. The van der Waals surface area contributed by atoms with E-state index in [0.717, 1.165) is 60.4 Å². The van der Waals surface area contributed by atoms with Crippen LogP contribution >= 0.6 is 0 Å². The maximum absolute atomic E-state index is 16.0. The van der Waals surface area contributed by atoms with Crippen molar-refractivity contribution in [1.29, 1.82) is 0 Å². The molecular weight excluding hydrogens is 967 g/mol. The molecule has 5 aromatic rings. The third-order valence-electron chi connectivity index (χ3n) is 13.1. The van der Waals surface area contributed by atoms with E-state index in [0.29, 0.717) is 28.9 Å². The van der Waals surface area contributed by atoms with Gasteiger partial charge < -0.3 is 40.3 Å². The minimum Gasteiger partial charge on any atom is -0.453 e. The Morgan fingerprint density at radius 3 is 2.05 bits per heavy atom. The van der Waals surface area contributed by atoms with Gasteiger partial charge in [-0.1, -0.05) is 65.5 Å². The Balaban J connectivity index is 1.12. The van der Waals surface area contributed by atoms with Gasteiger partial charge in [0.2, 0.25) is 11.9 Å². The molecular formula is C54H66F2N12O7. The van der Waals surface area contributed by atoms with Gasteiger partial charge in [-0.05, 0) is 78.8 Å². The van der Waals surface area contributed by atoms with Crippen molar-refractivity contribution < 1.29 is 42.5 Å². The molecule has 2 saturated heterocycles. The fourth-order valence-corrected chi connectivity index (χ4v) is 9.18. The molecule has 2 aromatic carbocycles. The summed E-state index contributed by atoms with van der Waals surface area (Å²) in [6.45, 7) is 10.7. The number of ether oxygens (including phenoxy) is 2. The van der Waals surface area contributed by atoms with Gasteiger partial charge >= 0.3 is 12.2 Å². The molecule has 2 aliphatic rings. The number of nitrogens with one attached hydrogen (secondary N) is 4. The normalized spacial score (nSPS) is 17.0. The van der Waals surface area contributed by atoms with Crippen molar-refractivity contribution in [2.45, 2.75) is 104 Å². The Bertz CT molecular complexity index is 2830. The quantitative estimate of drug-likeness (QED) is 0.0628. The summed E-state index contributed by atoms with van der Waals surface area (Å²) in [6.07, 6.45) is 4.33. The minimum atomic E-state index is -1.56. The number of carbonyl (C=O) groups is 4. The monoisotopic (exact) mass is 1030 g/mol. The molecule has 0 aliphatic carbocycles. The number of amides is 4. The van der Waals surface area contributed by atoms with E-state index in [1.165, 1.54) is 18.8 Å². The minimum absolute atomic E-state index is 0.00309. The molecule has 4 amide bonds. The number of piperazine rings is 1. The number of benzene rings is 2. The number of aryl methyl sites for hydroxylation is 1. The Kier molecular flexibility index (Phi) is 17.4. The first-order valence-electron chi connectivity index (χ1n) is 24.7. The van der Waals surface area contributed by atoms with E-state index < -0.39 is 89.4 Å². The number of anilines is 2. The first-order valence-corrected chi connectivity index (χ1v) is 24.7. The average molecular weight is 1030 g/mol. The number of methoxy groups -OCH3 is 1. The number of nitrogens with zero attached hydrogens (tertiary/aromatic N) is 8. The first kappa shape index (κ1) is 55.1. The van der Waals surface area contributed by atoms with Crippen LogP contribution in [0.2, 0.25) is 0 Å². The van der Waals surface area contributed by atoms with E-state index in [1.807, 2.05) is 18.2 Å². The van der Waals surface area contributed by atoms with Crippen LogP contribution in [0.25, 0.3) is 11.3 Å². The lowest BCUT2D eigenvalue weighted by Crippen LogP contribution is -2.60. The predicted molar refractivity (Wildman–Crippen MR) is 277 cm³/mol. The lowest BCUT2D eigenvalue weighted by molar-refractivity contribution is -0.141. The molecule has 6 atom stereocenters. The molecule has 0 spiro atoms. The predicted octanol–water partition coefficient (Wildman–Crippen LogP) is 5.27. The van der Waals surface area contributed by atoms with Crippen molar-refractivity contribution >= 4 is 35.8 Å². The molecule has 2 fully saturated rings. The van der Waals surface area contributed by atoms with Crippen LogP contribution in [-0.2, 0) is 39.1 Å². The van der Waals surface area contributed by atoms with Gasteiger partial charge in [-0.2, -0.15) is 5.10 Å². The number of hydrogen-bond donors (Lipinski definition) is 5. The average Bonchev–Trinajstić information content (AvgIpc) is 3.93. The van der Waals surface area contributed by atoms with Gasteiger partial charge in [0, 0.05) is 105 Å². The summed E-state index contributed by atoms with van der Waals surface area (Å²) >= 11 is 0. The van der Waals surface area contributed by atoms with Crippen molar-refractivity contribution in [1.82, 2.24) is 51.1 Å². The van der Waals surface area contributed by atoms with Gasteiger partial charge in [0.1, 0.15) is 23.5 Å². The second-order valence-corrected chi connectivity index (χ2v) is 21.0. The van der Waals surface area contributed by atoms with Crippen molar-refractivity contribution in [2.24, 2.45) is 17.9 Å². The van der Waals surface area contributed by atoms with E-state index in [2.05, 4.69) is 58.1 Å². The lowest BCUT2D eigenvalue weighted by Gasteiger charge is -2.41.